The third-order valence-electron chi connectivity index (χ3n) is 4.45. The summed E-state index contributed by atoms with van der Waals surface area (Å²) in [4.78, 5) is 23.3. The first-order valence-corrected chi connectivity index (χ1v) is 8.76. The van der Waals surface area contributed by atoms with Gasteiger partial charge in [-0.2, -0.15) is 0 Å². The maximum Gasteiger partial charge on any atom is 0.224 e. The van der Waals surface area contributed by atoms with Crippen LogP contribution in [0, 0.1) is 0 Å². The zero-order valence-corrected chi connectivity index (χ0v) is 13.9. The highest BCUT2D eigenvalue weighted by Crippen LogP contribution is 2.26. The molecule has 0 saturated carbocycles. The van der Waals surface area contributed by atoms with E-state index in [9.17, 15) is 9.59 Å². The third-order valence-corrected chi connectivity index (χ3v) is 4.45. The third kappa shape index (κ3) is 4.71. The number of fused-ring (bicyclic) bond motifs is 1. The lowest BCUT2D eigenvalue weighted by Gasteiger charge is -2.23. The van der Waals surface area contributed by atoms with Crippen molar-refractivity contribution in [2.24, 2.45) is 0 Å². The smallest absolute Gasteiger partial charge is 0.224 e. The second-order valence-electron chi connectivity index (χ2n) is 6.43. The predicted octanol–water partition coefficient (Wildman–Crippen LogP) is 1.60. The molecule has 1 aromatic carbocycles. The van der Waals surface area contributed by atoms with E-state index in [0.717, 1.165) is 49.4 Å². The normalized spacial score (nSPS) is 20.0. The molecule has 3 rings (SSSR count). The van der Waals surface area contributed by atoms with Gasteiger partial charge < -0.3 is 20.7 Å². The summed E-state index contributed by atoms with van der Waals surface area (Å²) in [6, 6.07) is 5.98. The number of amides is 2. The second-order valence-corrected chi connectivity index (χ2v) is 6.43. The minimum atomic E-state index is 0.0651. The minimum absolute atomic E-state index is 0.0651. The lowest BCUT2D eigenvalue weighted by atomic mass is 10.0. The Morgan fingerprint density at radius 2 is 2.25 bits per heavy atom. The van der Waals surface area contributed by atoms with E-state index in [1.807, 2.05) is 18.2 Å². The summed E-state index contributed by atoms with van der Waals surface area (Å²) < 4.78 is 5.73. The van der Waals surface area contributed by atoms with Crippen molar-refractivity contribution < 1.29 is 14.3 Å². The molecule has 1 unspecified atom stereocenters. The van der Waals surface area contributed by atoms with Crippen LogP contribution in [0.15, 0.2) is 18.2 Å². The van der Waals surface area contributed by atoms with Gasteiger partial charge in [0.2, 0.25) is 11.8 Å². The molecule has 2 aliphatic heterocycles. The number of carbonyl (C=O) groups excluding carboxylic acids is 2. The van der Waals surface area contributed by atoms with E-state index in [4.69, 9.17) is 4.74 Å². The standard InChI is InChI=1S/C18H25N3O3/c22-17(20-14-3-1-9-19-12-14)4-2-10-24-15-6-7-16-13(11-15)5-8-18(23)21-16/h6-7,11,14,19H,1-5,8-10,12H2,(H,20,22)(H,21,23). The van der Waals surface area contributed by atoms with Gasteiger partial charge in [0.25, 0.3) is 0 Å². The first kappa shape index (κ1) is 16.8. The van der Waals surface area contributed by atoms with Crippen LogP contribution >= 0.6 is 0 Å². The summed E-state index contributed by atoms with van der Waals surface area (Å²) in [6.45, 7) is 2.43. The minimum Gasteiger partial charge on any atom is -0.494 e. The summed E-state index contributed by atoms with van der Waals surface area (Å²) in [7, 11) is 0. The van der Waals surface area contributed by atoms with Crippen LogP contribution in [-0.2, 0) is 16.0 Å². The average Bonchev–Trinajstić information content (AvgIpc) is 2.59. The molecule has 1 fully saturated rings. The maximum absolute atomic E-state index is 11.9. The second kappa shape index (κ2) is 8.15. The number of piperidine rings is 1. The summed E-state index contributed by atoms with van der Waals surface area (Å²) in [5.41, 5.74) is 1.98. The van der Waals surface area contributed by atoms with Crippen molar-refractivity contribution in [3.8, 4) is 5.75 Å². The van der Waals surface area contributed by atoms with Crippen LogP contribution in [0.2, 0.25) is 0 Å². The number of aryl methyl sites for hydroxylation is 1. The number of hydrogen-bond acceptors (Lipinski definition) is 4. The van der Waals surface area contributed by atoms with Gasteiger partial charge in [0, 0.05) is 31.1 Å². The molecule has 0 bridgehead atoms. The van der Waals surface area contributed by atoms with E-state index in [0.29, 0.717) is 25.9 Å². The van der Waals surface area contributed by atoms with Crippen LogP contribution in [0.4, 0.5) is 5.69 Å². The molecule has 3 N–H and O–H groups in total. The number of hydrogen-bond donors (Lipinski definition) is 3. The molecule has 1 saturated heterocycles. The lowest BCUT2D eigenvalue weighted by Crippen LogP contribution is -2.45. The molecule has 0 aromatic heterocycles. The monoisotopic (exact) mass is 331 g/mol. The van der Waals surface area contributed by atoms with Gasteiger partial charge in [-0.25, -0.2) is 0 Å². The molecule has 0 aliphatic carbocycles. The molecule has 6 heteroatoms. The van der Waals surface area contributed by atoms with Gasteiger partial charge in [-0.1, -0.05) is 0 Å². The van der Waals surface area contributed by atoms with E-state index in [1.165, 1.54) is 0 Å². The lowest BCUT2D eigenvalue weighted by molar-refractivity contribution is -0.122. The maximum atomic E-state index is 11.9. The van der Waals surface area contributed by atoms with Gasteiger partial charge in [0.05, 0.1) is 6.61 Å². The predicted molar refractivity (Wildman–Crippen MR) is 92.2 cm³/mol. The first-order chi connectivity index (χ1) is 11.7. The zero-order chi connectivity index (χ0) is 16.8. The Bertz CT molecular complexity index is 597. The quantitative estimate of drug-likeness (QED) is 0.692. The van der Waals surface area contributed by atoms with Gasteiger partial charge >= 0.3 is 0 Å². The molecule has 2 heterocycles. The number of benzene rings is 1. The molecule has 0 radical (unpaired) electrons. The van der Waals surface area contributed by atoms with Crippen LogP contribution in [0.3, 0.4) is 0 Å². The van der Waals surface area contributed by atoms with E-state index in [1.54, 1.807) is 0 Å². The van der Waals surface area contributed by atoms with Crippen molar-refractivity contribution in [3.63, 3.8) is 0 Å². The van der Waals surface area contributed by atoms with E-state index >= 15 is 0 Å². The fraction of sp³-hybridized carbons (Fsp3) is 0.556. The summed E-state index contributed by atoms with van der Waals surface area (Å²) >= 11 is 0. The van der Waals surface area contributed by atoms with E-state index in [-0.39, 0.29) is 17.9 Å². The molecular formula is C18H25N3O3. The molecule has 0 spiro atoms. The van der Waals surface area contributed by atoms with Crippen molar-refractivity contribution in [1.29, 1.82) is 0 Å². The van der Waals surface area contributed by atoms with Crippen LogP contribution in [-0.4, -0.2) is 37.6 Å². The van der Waals surface area contributed by atoms with Crippen LogP contribution < -0.4 is 20.7 Å². The Morgan fingerprint density at radius 3 is 3.08 bits per heavy atom. The number of anilines is 1. The van der Waals surface area contributed by atoms with Crippen LogP contribution in [0.1, 0.15) is 37.7 Å². The highest BCUT2D eigenvalue weighted by Gasteiger charge is 2.16. The van der Waals surface area contributed by atoms with Gasteiger partial charge in [-0.3, -0.25) is 9.59 Å². The van der Waals surface area contributed by atoms with Crippen molar-refractivity contribution in [2.45, 2.75) is 44.6 Å². The SMILES string of the molecule is O=C1CCc2cc(OCCCC(=O)NC3CCCNC3)ccc2N1. The molecular weight excluding hydrogens is 306 g/mol. The van der Waals surface area contributed by atoms with Crippen molar-refractivity contribution in [1.82, 2.24) is 10.6 Å². The highest BCUT2D eigenvalue weighted by molar-refractivity contribution is 5.94. The Labute approximate surface area is 142 Å². The first-order valence-electron chi connectivity index (χ1n) is 8.76. The number of carbonyl (C=O) groups is 2. The molecule has 24 heavy (non-hydrogen) atoms. The van der Waals surface area contributed by atoms with Crippen molar-refractivity contribution >= 4 is 17.5 Å². The topological polar surface area (TPSA) is 79.5 Å². The molecule has 1 atom stereocenters. The van der Waals surface area contributed by atoms with Crippen LogP contribution in [0.5, 0.6) is 5.75 Å². The van der Waals surface area contributed by atoms with E-state index in [2.05, 4.69) is 16.0 Å². The summed E-state index contributed by atoms with van der Waals surface area (Å²) in [5.74, 6) is 0.956. The van der Waals surface area contributed by atoms with Gasteiger partial charge in [-0.15, -0.1) is 0 Å². The van der Waals surface area contributed by atoms with Crippen LogP contribution in [0.25, 0.3) is 0 Å². The van der Waals surface area contributed by atoms with Gasteiger partial charge in [0.1, 0.15) is 5.75 Å². The zero-order valence-electron chi connectivity index (χ0n) is 13.9. The summed E-state index contributed by atoms with van der Waals surface area (Å²) in [5, 5.41) is 9.21. The number of ether oxygens (including phenoxy) is 1. The Kier molecular flexibility index (Phi) is 5.69. The Morgan fingerprint density at radius 1 is 1.33 bits per heavy atom. The summed E-state index contributed by atoms with van der Waals surface area (Å²) in [6.07, 6.45) is 4.62. The van der Waals surface area contributed by atoms with Gasteiger partial charge in [0.15, 0.2) is 0 Å². The molecule has 130 valence electrons. The van der Waals surface area contributed by atoms with Crippen molar-refractivity contribution in [2.75, 3.05) is 25.0 Å². The Balaban J connectivity index is 1.37. The fourth-order valence-electron chi connectivity index (χ4n) is 3.15. The highest BCUT2D eigenvalue weighted by atomic mass is 16.5. The molecule has 2 amide bonds. The fourth-order valence-corrected chi connectivity index (χ4v) is 3.15. The largest absolute Gasteiger partial charge is 0.494 e. The molecule has 1 aromatic rings. The van der Waals surface area contributed by atoms with E-state index < -0.39 is 0 Å². The Hall–Kier alpha value is -2.08. The average molecular weight is 331 g/mol. The van der Waals surface area contributed by atoms with Crippen molar-refractivity contribution in [3.05, 3.63) is 23.8 Å². The number of rotatable bonds is 6. The molecule has 6 nitrogen and oxygen atoms in total. The number of nitrogens with one attached hydrogen (secondary N) is 3. The van der Waals surface area contributed by atoms with Gasteiger partial charge in [-0.05, 0) is 56.0 Å². The molecule has 2 aliphatic rings.